The normalized spacial score (nSPS) is 43.0. The van der Waals surface area contributed by atoms with Crippen LogP contribution in [0.5, 0.6) is 0 Å². The number of rotatable bonds is 7. The molecular weight excluding hydrogens is 462 g/mol. The van der Waals surface area contributed by atoms with Crippen LogP contribution in [0.25, 0.3) is 0 Å². The second-order valence-corrected chi connectivity index (χ2v) is 15.6. The van der Waals surface area contributed by atoms with Crippen LogP contribution >= 0.6 is 0 Å². The van der Waals surface area contributed by atoms with Gasteiger partial charge in [-0.05, 0) is 91.8 Å². The first-order chi connectivity index (χ1) is 16.3. The van der Waals surface area contributed by atoms with Gasteiger partial charge in [0.15, 0.2) is 0 Å². The molecule has 4 rings (SSSR count). The van der Waals surface area contributed by atoms with Gasteiger partial charge in [-0.3, -0.25) is 9.59 Å². The predicted molar refractivity (Wildman–Crippen MR) is 137 cm³/mol. The number of hydrogen-bond donors (Lipinski definition) is 2. The Balaban J connectivity index is 1.42. The molecule has 4 unspecified atom stereocenters. The van der Waals surface area contributed by atoms with Crippen molar-refractivity contribution in [2.45, 2.75) is 91.6 Å². The second kappa shape index (κ2) is 9.74. The van der Waals surface area contributed by atoms with Gasteiger partial charge in [-0.1, -0.05) is 27.7 Å². The first kappa shape index (κ1) is 27.1. The molecular formula is C28H47NO5S. The van der Waals surface area contributed by atoms with Crippen molar-refractivity contribution in [3.8, 4) is 0 Å². The van der Waals surface area contributed by atoms with E-state index in [-0.39, 0.29) is 47.0 Å². The number of Topliss-reactive ketones (excluding diaryl/α,β-unsaturated/α-hetero) is 1. The lowest BCUT2D eigenvalue weighted by Crippen LogP contribution is -2.57. The van der Waals surface area contributed by atoms with Crippen LogP contribution in [-0.2, 0) is 19.4 Å². The van der Waals surface area contributed by atoms with Gasteiger partial charge in [0.2, 0.25) is 5.91 Å². The van der Waals surface area contributed by atoms with Crippen LogP contribution in [0.3, 0.4) is 0 Å². The topological polar surface area (TPSA) is 101 Å². The molecule has 10 atom stereocenters. The molecule has 4 fully saturated rings. The monoisotopic (exact) mass is 509 g/mol. The van der Waals surface area contributed by atoms with Crippen molar-refractivity contribution in [2.75, 3.05) is 18.6 Å². The minimum atomic E-state index is -3.09. The number of amides is 1. The third-order valence-corrected chi connectivity index (χ3v) is 12.1. The number of ketones is 1. The average Bonchev–Trinajstić information content (AvgIpc) is 3.11. The quantitative estimate of drug-likeness (QED) is 0.540. The van der Waals surface area contributed by atoms with E-state index in [1.807, 2.05) is 6.92 Å². The first-order valence-corrected chi connectivity index (χ1v) is 16.0. The number of aliphatic hydroxyl groups is 1. The van der Waals surface area contributed by atoms with Gasteiger partial charge in [0.05, 0.1) is 11.9 Å². The number of carbonyl (C=O) groups is 2. The minimum absolute atomic E-state index is 0.0291. The third-order valence-electron chi connectivity index (χ3n) is 11.1. The Hall–Kier alpha value is -0.950. The molecule has 4 saturated carbocycles. The van der Waals surface area contributed by atoms with Crippen LogP contribution < -0.4 is 5.32 Å². The second-order valence-electron chi connectivity index (χ2n) is 13.3. The summed E-state index contributed by atoms with van der Waals surface area (Å²) in [6, 6.07) is 0. The average molecular weight is 510 g/mol. The minimum Gasteiger partial charge on any atom is -0.393 e. The molecule has 0 spiro atoms. The molecule has 4 aliphatic carbocycles. The van der Waals surface area contributed by atoms with Gasteiger partial charge >= 0.3 is 0 Å². The van der Waals surface area contributed by atoms with E-state index in [0.29, 0.717) is 41.8 Å². The van der Waals surface area contributed by atoms with Crippen LogP contribution in [0.4, 0.5) is 0 Å². The lowest BCUT2D eigenvalue weighted by molar-refractivity contribution is -0.160. The van der Waals surface area contributed by atoms with E-state index in [0.717, 1.165) is 51.4 Å². The predicted octanol–water partition coefficient (Wildman–Crippen LogP) is 4.01. The maximum Gasteiger partial charge on any atom is 0.222 e. The van der Waals surface area contributed by atoms with Gasteiger partial charge in [-0.2, -0.15) is 0 Å². The van der Waals surface area contributed by atoms with Crippen molar-refractivity contribution < 1.29 is 23.1 Å². The molecule has 0 radical (unpaired) electrons. The van der Waals surface area contributed by atoms with Crippen molar-refractivity contribution in [1.29, 1.82) is 0 Å². The summed E-state index contributed by atoms with van der Waals surface area (Å²) in [7, 11) is -3.09. The van der Waals surface area contributed by atoms with E-state index in [9.17, 15) is 23.1 Å². The van der Waals surface area contributed by atoms with Crippen molar-refractivity contribution in [3.05, 3.63) is 0 Å². The molecule has 1 amide bonds. The van der Waals surface area contributed by atoms with Gasteiger partial charge in [0.1, 0.15) is 15.6 Å². The molecule has 0 bridgehead atoms. The van der Waals surface area contributed by atoms with Crippen LogP contribution in [-0.4, -0.2) is 49.9 Å². The van der Waals surface area contributed by atoms with Crippen molar-refractivity contribution >= 4 is 21.5 Å². The Morgan fingerprint density at radius 2 is 1.74 bits per heavy atom. The molecule has 0 aromatic rings. The Bertz CT molecular complexity index is 934. The fraction of sp³-hybridized carbons (Fsp3) is 0.929. The maximum atomic E-state index is 13.6. The van der Waals surface area contributed by atoms with Crippen molar-refractivity contribution in [2.24, 2.45) is 52.3 Å². The van der Waals surface area contributed by atoms with Crippen LogP contribution in [0.15, 0.2) is 0 Å². The zero-order valence-electron chi connectivity index (χ0n) is 22.4. The van der Waals surface area contributed by atoms with Crippen LogP contribution in [0.1, 0.15) is 85.5 Å². The summed E-state index contributed by atoms with van der Waals surface area (Å²) in [5.41, 5.74) is 0.321. The Labute approximate surface area is 212 Å². The van der Waals surface area contributed by atoms with E-state index < -0.39 is 9.84 Å². The lowest BCUT2D eigenvalue weighted by Gasteiger charge is -2.60. The molecule has 4 aliphatic rings. The summed E-state index contributed by atoms with van der Waals surface area (Å²) in [6.45, 7) is 9.22. The molecule has 0 saturated heterocycles. The molecule has 2 N–H and O–H groups in total. The molecule has 6 nitrogen and oxygen atoms in total. The number of nitrogens with one attached hydrogen (secondary N) is 1. The van der Waals surface area contributed by atoms with Gasteiger partial charge in [0, 0.05) is 31.1 Å². The van der Waals surface area contributed by atoms with Crippen LogP contribution in [0.2, 0.25) is 0 Å². The number of aliphatic hydroxyl groups excluding tert-OH is 1. The fourth-order valence-electron chi connectivity index (χ4n) is 9.25. The standard InChI is InChI=1S/C28H47NO5S/c1-17(14-18(2)26(32)29-12-13-35(5,33)34)21-6-7-22-25-23(9-11-28(21,22)4)27(3)10-8-20(30)15-19(27)16-24(25)31/h17-23,25,30H,6-16H2,1-5H3,(H,29,32)/t17-,18+,19?,20-,21-,22?,23?,25?,27+,28-/m1/s1. The molecule has 200 valence electrons. The van der Waals surface area contributed by atoms with E-state index in [1.165, 1.54) is 6.26 Å². The zero-order valence-corrected chi connectivity index (χ0v) is 23.2. The number of hydrogen-bond acceptors (Lipinski definition) is 5. The summed E-state index contributed by atoms with van der Waals surface area (Å²) < 4.78 is 22.7. The van der Waals surface area contributed by atoms with Gasteiger partial charge in [0.25, 0.3) is 0 Å². The summed E-state index contributed by atoms with van der Waals surface area (Å²) in [5.74, 6) is 2.47. The summed E-state index contributed by atoms with van der Waals surface area (Å²) >= 11 is 0. The summed E-state index contributed by atoms with van der Waals surface area (Å²) in [5, 5.41) is 13.1. The summed E-state index contributed by atoms with van der Waals surface area (Å²) in [4.78, 5) is 26.2. The van der Waals surface area contributed by atoms with E-state index in [1.54, 1.807) is 0 Å². The number of carbonyl (C=O) groups excluding carboxylic acids is 2. The molecule has 0 aliphatic heterocycles. The highest BCUT2D eigenvalue weighted by atomic mass is 32.2. The Morgan fingerprint density at radius 3 is 2.43 bits per heavy atom. The summed E-state index contributed by atoms with van der Waals surface area (Å²) in [6.07, 6.45) is 9.58. The molecule has 35 heavy (non-hydrogen) atoms. The highest BCUT2D eigenvalue weighted by molar-refractivity contribution is 7.90. The fourth-order valence-corrected chi connectivity index (χ4v) is 9.72. The molecule has 0 heterocycles. The Kier molecular flexibility index (Phi) is 7.54. The third kappa shape index (κ3) is 5.10. The van der Waals surface area contributed by atoms with E-state index >= 15 is 0 Å². The molecule has 0 aromatic heterocycles. The molecule has 7 heteroatoms. The number of sulfone groups is 1. The number of fused-ring (bicyclic) bond motifs is 5. The zero-order chi connectivity index (χ0) is 25.8. The Morgan fingerprint density at radius 1 is 1.09 bits per heavy atom. The van der Waals surface area contributed by atoms with Gasteiger partial charge in [-0.25, -0.2) is 8.42 Å². The maximum absolute atomic E-state index is 13.6. The molecule has 0 aromatic carbocycles. The smallest absolute Gasteiger partial charge is 0.222 e. The van der Waals surface area contributed by atoms with Crippen molar-refractivity contribution in [3.63, 3.8) is 0 Å². The van der Waals surface area contributed by atoms with Crippen molar-refractivity contribution in [1.82, 2.24) is 5.32 Å². The highest BCUT2D eigenvalue weighted by Crippen LogP contribution is 2.67. The van der Waals surface area contributed by atoms with E-state index in [2.05, 4.69) is 26.1 Å². The van der Waals surface area contributed by atoms with Crippen LogP contribution in [0, 0.1) is 52.3 Å². The van der Waals surface area contributed by atoms with Gasteiger partial charge in [-0.15, -0.1) is 0 Å². The lowest BCUT2D eigenvalue weighted by atomic mass is 9.44. The van der Waals surface area contributed by atoms with Gasteiger partial charge < -0.3 is 10.4 Å². The van der Waals surface area contributed by atoms with E-state index in [4.69, 9.17) is 0 Å². The first-order valence-electron chi connectivity index (χ1n) is 13.9. The SMILES string of the molecule is C[C@H](C[C@H](C)C(=O)NCCS(C)(=O)=O)[C@H]1CCC2C3C(=O)CC4C[C@H](O)CC[C@]4(C)C3CC[C@@]21C. The highest BCUT2D eigenvalue weighted by Gasteiger charge is 2.63. The largest absolute Gasteiger partial charge is 0.393 e.